The summed E-state index contributed by atoms with van der Waals surface area (Å²) in [5.41, 5.74) is -1.90. The molecule has 1 saturated carbocycles. The molecule has 3 aliphatic rings. The van der Waals surface area contributed by atoms with Crippen molar-refractivity contribution in [3.05, 3.63) is 11.3 Å². The lowest BCUT2D eigenvalue weighted by atomic mass is 9.77. The summed E-state index contributed by atoms with van der Waals surface area (Å²) < 4.78 is 32.9. The van der Waals surface area contributed by atoms with Crippen molar-refractivity contribution in [1.29, 1.82) is 0 Å². The van der Waals surface area contributed by atoms with Crippen molar-refractivity contribution < 1.29 is 23.2 Å². The van der Waals surface area contributed by atoms with E-state index in [-0.39, 0.29) is 23.9 Å². The molecule has 7 heteroatoms. The van der Waals surface area contributed by atoms with Gasteiger partial charge in [-0.25, -0.2) is 9.18 Å². The fourth-order valence-corrected chi connectivity index (χ4v) is 4.41. The average molecular weight is 395 g/mol. The van der Waals surface area contributed by atoms with Gasteiger partial charge >= 0.3 is 13.2 Å². The molecule has 5 nitrogen and oxygen atoms in total. The van der Waals surface area contributed by atoms with Gasteiger partial charge in [-0.3, -0.25) is 4.90 Å². The maximum Gasteiger partial charge on any atom is 0.525 e. The lowest BCUT2D eigenvalue weighted by molar-refractivity contribution is 0.000624. The first-order chi connectivity index (χ1) is 12.8. The highest BCUT2D eigenvalue weighted by molar-refractivity contribution is 6.53. The summed E-state index contributed by atoms with van der Waals surface area (Å²) in [7, 11) is -1.01. The van der Waals surface area contributed by atoms with Crippen LogP contribution in [0.5, 0.6) is 0 Å². The Balaban J connectivity index is 1.87. The van der Waals surface area contributed by atoms with Crippen LogP contribution >= 0.6 is 0 Å². The quantitative estimate of drug-likeness (QED) is 0.574. The van der Waals surface area contributed by atoms with E-state index in [1.165, 1.54) is 0 Å². The van der Waals surface area contributed by atoms with Crippen LogP contribution in [0.3, 0.4) is 0 Å². The summed E-state index contributed by atoms with van der Waals surface area (Å²) in [4.78, 5) is 14.7. The molecule has 0 unspecified atom stereocenters. The molecule has 0 aromatic rings. The van der Waals surface area contributed by atoms with E-state index in [0.717, 1.165) is 32.1 Å². The van der Waals surface area contributed by atoms with Gasteiger partial charge in [-0.1, -0.05) is 19.3 Å². The van der Waals surface area contributed by atoms with E-state index in [9.17, 15) is 4.79 Å². The zero-order valence-corrected chi connectivity index (χ0v) is 18.5. The first-order valence-corrected chi connectivity index (χ1v) is 10.5. The smallest absolute Gasteiger partial charge is 0.444 e. The third-order valence-corrected chi connectivity index (χ3v) is 6.66. The number of ether oxygens (including phenoxy) is 1. The normalized spacial score (nSPS) is 28.0. The number of carbonyl (C=O) groups is 1. The highest BCUT2D eigenvalue weighted by atomic mass is 19.1. The fourth-order valence-electron chi connectivity index (χ4n) is 4.41. The summed E-state index contributed by atoms with van der Waals surface area (Å²) in [6.07, 6.45) is 5.19. The van der Waals surface area contributed by atoms with Crippen molar-refractivity contribution in [1.82, 2.24) is 4.90 Å². The van der Waals surface area contributed by atoms with Gasteiger partial charge in [0.2, 0.25) is 0 Å². The average Bonchev–Trinajstić information content (AvgIpc) is 3.01. The van der Waals surface area contributed by atoms with E-state index in [2.05, 4.69) is 0 Å². The second-order valence-corrected chi connectivity index (χ2v) is 10.6. The summed E-state index contributed by atoms with van der Waals surface area (Å²) in [5.74, 6) is 0. The van der Waals surface area contributed by atoms with Crippen LogP contribution < -0.4 is 0 Å². The van der Waals surface area contributed by atoms with Gasteiger partial charge in [-0.2, -0.15) is 0 Å². The topological polar surface area (TPSA) is 48.0 Å². The maximum absolute atomic E-state index is 15.5. The molecule has 2 aliphatic heterocycles. The van der Waals surface area contributed by atoms with Gasteiger partial charge in [0.05, 0.1) is 16.7 Å². The van der Waals surface area contributed by atoms with Crippen LogP contribution in [0.2, 0.25) is 0 Å². The number of rotatable bonds is 1. The Kier molecular flexibility index (Phi) is 5.42. The van der Waals surface area contributed by atoms with E-state index >= 15 is 4.39 Å². The van der Waals surface area contributed by atoms with Gasteiger partial charge in [-0.05, 0) is 73.3 Å². The first kappa shape index (κ1) is 21.6. The molecule has 3 fully saturated rings. The number of halogens is 1. The van der Waals surface area contributed by atoms with Crippen LogP contribution in [0.25, 0.3) is 0 Å². The van der Waals surface area contributed by atoms with Crippen molar-refractivity contribution in [2.24, 2.45) is 0 Å². The molecule has 2 heterocycles. The van der Waals surface area contributed by atoms with Crippen molar-refractivity contribution in [3.8, 4) is 0 Å². The molecule has 0 radical (unpaired) electrons. The molecule has 0 N–H and O–H groups in total. The molecule has 0 aromatic heterocycles. The van der Waals surface area contributed by atoms with E-state index in [1.54, 1.807) is 4.90 Å². The largest absolute Gasteiger partial charge is 0.525 e. The first-order valence-electron chi connectivity index (χ1n) is 10.5. The molecule has 1 spiro atoms. The second kappa shape index (κ2) is 7.01. The Morgan fingerprint density at radius 2 is 1.61 bits per heavy atom. The number of hydrogen-bond acceptors (Lipinski definition) is 4. The molecule has 28 heavy (non-hydrogen) atoms. The molecule has 1 aliphatic carbocycles. The standard InChI is InChI=1S/C21H35BFNO4/c1-18(2,3)26-17(25)24-14-15(13-21(24)11-9-8-10-12-21)16(23)22-27-19(4,5)20(6,7)28-22/h8-14H2,1-7H3. The molecule has 0 aromatic carbocycles. The van der Waals surface area contributed by atoms with E-state index < -0.39 is 23.9 Å². The van der Waals surface area contributed by atoms with E-state index in [0.29, 0.717) is 12.0 Å². The zero-order valence-electron chi connectivity index (χ0n) is 18.5. The maximum atomic E-state index is 15.5. The fraction of sp³-hybridized carbons (Fsp3) is 0.857. The van der Waals surface area contributed by atoms with Gasteiger partial charge < -0.3 is 14.0 Å². The van der Waals surface area contributed by atoms with Crippen molar-refractivity contribution in [3.63, 3.8) is 0 Å². The molecular weight excluding hydrogens is 360 g/mol. The van der Waals surface area contributed by atoms with Gasteiger partial charge in [0, 0.05) is 6.54 Å². The molecule has 2 saturated heterocycles. The second-order valence-electron chi connectivity index (χ2n) is 10.6. The number of carbonyl (C=O) groups excluding carboxylic acids is 1. The van der Waals surface area contributed by atoms with Crippen LogP contribution in [0, 0.1) is 0 Å². The Hall–Kier alpha value is -1.08. The third-order valence-electron chi connectivity index (χ3n) is 6.66. The minimum Gasteiger partial charge on any atom is -0.444 e. The molecule has 3 rings (SSSR count). The minimum atomic E-state index is -1.01. The number of amides is 1. The Labute approximate surface area is 169 Å². The van der Waals surface area contributed by atoms with Gasteiger partial charge in [0.25, 0.3) is 0 Å². The van der Waals surface area contributed by atoms with Crippen molar-refractivity contribution >= 4 is 13.2 Å². The van der Waals surface area contributed by atoms with Gasteiger partial charge in [0.15, 0.2) is 0 Å². The third kappa shape index (κ3) is 3.97. The minimum absolute atomic E-state index is 0.241. The molecule has 0 atom stereocenters. The summed E-state index contributed by atoms with van der Waals surface area (Å²) >= 11 is 0. The van der Waals surface area contributed by atoms with Gasteiger partial charge in [0.1, 0.15) is 11.3 Å². The van der Waals surface area contributed by atoms with E-state index in [1.807, 2.05) is 48.5 Å². The molecular formula is C21H35BFNO4. The van der Waals surface area contributed by atoms with Crippen LogP contribution in [0.15, 0.2) is 11.3 Å². The number of likely N-dealkylation sites (tertiary alicyclic amines) is 1. The lowest BCUT2D eigenvalue weighted by Gasteiger charge is -2.41. The van der Waals surface area contributed by atoms with Crippen LogP contribution in [-0.4, -0.2) is 47.0 Å². The molecule has 1 amide bonds. The Morgan fingerprint density at radius 1 is 1.07 bits per heavy atom. The Morgan fingerprint density at radius 3 is 2.11 bits per heavy atom. The molecule has 0 bridgehead atoms. The highest BCUT2D eigenvalue weighted by Gasteiger charge is 2.55. The van der Waals surface area contributed by atoms with Crippen LogP contribution in [0.4, 0.5) is 9.18 Å². The molecule has 158 valence electrons. The van der Waals surface area contributed by atoms with Gasteiger partial charge in [-0.15, -0.1) is 0 Å². The lowest BCUT2D eigenvalue weighted by Crippen LogP contribution is -2.50. The predicted molar refractivity (Wildman–Crippen MR) is 108 cm³/mol. The van der Waals surface area contributed by atoms with Crippen molar-refractivity contribution in [2.75, 3.05) is 6.54 Å². The number of nitrogens with zero attached hydrogens (tertiary/aromatic N) is 1. The predicted octanol–water partition coefficient (Wildman–Crippen LogP) is 5.19. The van der Waals surface area contributed by atoms with Crippen LogP contribution in [-0.2, 0) is 14.0 Å². The summed E-state index contributed by atoms with van der Waals surface area (Å²) in [6.45, 7) is 13.5. The zero-order chi connectivity index (χ0) is 21.0. The van der Waals surface area contributed by atoms with E-state index in [4.69, 9.17) is 14.0 Å². The van der Waals surface area contributed by atoms with Crippen molar-refractivity contribution in [2.45, 2.75) is 109 Å². The van der Waals surface area contributed by atoms with Crippen LogP contribution in [0.1, 0.15) is 87.0 Å². The SMILES string of the molecule is CC(C)(C)OC(=O)N1CC(=C(F)B2OC(C)(C)C(C)(C)O2)CC12CCCCC2. The number of hydrogen-bond donors (Lipinski definition) is 0. The summed E-state index contributed by atoms with van der Waals surface area (Å²) in [5, 5.41) is 0. The summed E-state index contributed by atoms with van der Waals surface area (Å²) in [6, 6.07) is 0. The monoisotopic (exact) mass is 395 g/mol. The highest BCUT2D eigenvalue weighted by Crippen LogP contribution is 2.47. The Bertz CT molecular complexity index is 646.